The molecule has 0 radical (unpaired) electrons. The fourth-order valence-corrected chi connectivity index (χ4v) is 2.38. The van der Waals surface area contributed by atoms with Crippen molar-refractivity contribution in [2.75, 3.05) is 6.26 Å². The first-order valence-corrected chi connectivity index (χ1v) is 8.01. The van der Waals surface area contributed by atoms with Crippen LogP contribution in [0.4, 0.5) is 8.78 Å². The van der Waals surface area contributed by atoms with E-state index < -0.39 is 33.6 Å². The van der Waals surface area contributed by atoms with Crippen LogP contribution in [0.1, 0.15) is 22.0 Å². The molecule has 2 aromatic rings. The molecule has 0 fully saturated rings. The van der Waals surface area contributed by atoms with Crippen LogP contribution in [-0.4, -0.2) is 20.5 Å². The lowest BCUT2D eigenvalue weighted by molar-refractivity contribution is 0.0803. The van der Waals surface area contributed by atoms with Crippen LogP contribution in [0.3, 0.4) is 0 Å². The Hall–Kier alpha value is -2.12. The topological polar surface area (TPSA) is 60.4 Å². The lowest BCUT2D eigenvalue weighted by Gasteiger charge is -2.15. The maximum atomic E-state index is 13.0. The Morgan fingerprint density at radius 1 is 0.955 bits per heavy atom. The van der Waals surface area contributed by atoms with E-state index in [0.717, 1.165) is 30.5 Å². The van der Waals surface area contributed by atoms with E-state index in [4.69, 9.17) is 4.18 Å². The summed E-state index contributed by atoms with van der Waals surface area (Å²) in [6.45, 7) is 0. The monoisotopic (exact) mass is 326 g/mol. The maximum Gasteiger partial charge on any atom is 0.265 e. The molecule has 7 heteroatoms. The third kappa shape index (κ3) is 4.19. The number of Topliss-reactive ketones (excluding diaryl/α,β-unsaturated/α-hetero) is 1. The molecule has 1 unspecified atom stereocenters. The molecule has 4 nitrogen and oxygen atoms in total. The van der Waals surface area contributed by atoms with Crippen molar-refractivity contribution in [3.8, 4) is 0 Å². The number of carbonyl (C=O) groups is 1. The molecule has 1 atom stereocenters. The number of rotatable bonds is 5. The first-order valence-electron chi connectivity index (χ1n) is 6.20. The highest BCUT2D eigenvalue weighted by Crippen LogP contribution is 2.24. The van der Waals surface area contributed by atoms with E-state index in [1.807, 2.05) is 0 Å². The van der Waals surface area contributed by atoms with Gasteiger partial charge in [0.05, 0.1) is 6.26 Å². The zero-order chi connectivity index (χ0) is 16.3. The van der Waals surface area contributed by atoms with E-state index in [2.05, 4.69) is 0 Å². The zero-order valence-corrected chi connectivity index (χ0v) is 12.3. The Labute approximate surface area is 126 Å². The van der Waals surface area contributed by atoms with Gasteiger partial charge in [0, 0.05) is 5.56 Å². The summed E-state index contributed by atoms with van der Waals surface area (Å²) >= 11 is 0. The number of carbonyl (C=O) groups excluding carboxylic acids is 1. The van der Waals surface area contributed by atoms with Crippen LogP contribution in [0.5, 0.6) is 0 Å². The van der Waals surface area contributed by atoms with Gasteiger partial charge >= 0.3 is 0 Å². The summed E-state index contributed by atoms with van der Waals surface area (Å²) in [5.41, 5.74) is 0.264. The van der Waals surface area contributed by atoms with Gasteiger partial charge in [-0.2, -0.15) is 8.42 Å². The average molecular weight is 326 g/mol. The summed E-state index contributed by atoms with van der Waals surface area (Å²) in [7, 11) is -3.93. The van der Waals surface area contributed by atoms with E-state index in [9.17, 15) is 22.0 Å². The molecule has 0 heterocycles. The minimum atomic E-state index is -3.93. The highest BCUT2D eigenvalue weighted by molar-refractivity contribution is 7.86. The molecule has 22 heavy (non-hydrogen) atoms. The fourth-order valence-electron chi connectivity index (χ4n) is 1.83. The van der Waals surface area contributed by atoms with Crippen LogP contribution >= 0.6 is 0 Å². The van der Waals surface area contributed by atoms with E-state index in [1.165, 1.54) is 24.3 Å². The highest BCUT2D eigenvalue weighted by atomic mass is 32.2. The van der Waals surface area contributed by atoms with Gasteiger partial charge in [-0.15, -0.1) is 0 Å². The molecule has 0 aliphatic rings. The fraction of sp³-hybridized carbons (Fsp3) is 0.133. The summed E-state index contributed by atoms with van der Waals surface area (Å²) in [5, 5.41) is 0. The van der Waals surface area contributed by atoms with E-state index in [0.29, 0.717) is 0 Å². The van der Waals surface area contributed by atoms with Gasteiger partial charge in [-0.3, -0.25) is 8.98 Å². The molecule has 0 aromatic heterocycles. The second-order valence-corrected chi connectivity index (χ2v) is 6.20. The number of ketones is 1. The van der Waals surface area contributed by atoms with E-state index in [-0.39, 0.29) is 11.1 Å². The van der Waals surface area contributed by atoms with Gasteiger partial charge in [-0.05, 0) is 42.0 Å². The first kappa shape index (κ1) is 16.3. The summed E-state index contributed by atoms with van der Waals surface area (Å²) in [6, 6.07) is 9.29. The number of hydrogen-bond acceptors (Lipinski definition) is 4. The molecule has 0 N–H and O–H groups in total. The van der Waals surface area contributed by atoms with Gasteiger partial charge < -0.3 is 0 Å². The molecular formula is C15H12F2O4S. The largest absolute Gasteiger partial charge is 0.291 e. The highest BCUT2D eigenvalue weighted by Gasteiger charge is 2.27. The minimum Gasteiger partial charge on any atom is -0.291 e. The Balaban J connectivity index is 2.41. The van der Waals surface area contributed by atoms with Crippen molar-refractivity contribution in [1.82, 2.24) is 0 Å². The molecule has 116 valence electrons. The summed E-state index contributed by atoms with van der Waals surface area (Å²) in [4.78, 5) is 12.4. The molecule has 0 saturated heterocycles. The number of halogens is 2. The van der Waals surface area contributed by atoms with E-state index in [1.54, 1.807) is 0 Å². The van der Waals surface area contributed by atoms with Crippen molar-refractivity contribution in [3.63, 3.8) is 0 Å². The number of benzene rings is 2. The van der Waals surface area contributed by atoms with Gasteiger partial charge in [-0.1, -0.05) is 12.1 Å². The third-order valence-corrected chi connectivity index (χ3v) is 3.35. The average Bonchev–Trinajstić information content (AvgIpc) is 2.45. The Bertz CT molecular complexity index is 768. The van der Waals surface area contributed by atoms with Gasteiger partial charge in [0.25, 0.3) is 10.1 Å². The standard InChI is InChI=1S/C15H12F2O4S/c1-22(19,20)21-15(11-4-8-13(17)9-5-11)14(18)10-2-6-12(16)7-3-10/h2-9,15H,1H3. The van der Waals surface area contributed by atoms with Crippen LogP contribution in [0.25, 0.3) is 0 Å². The lowest BCUT2D eigenvalue weighted by Crippen LogP contribution is -2.19. The normalized spacial score (nSPS) is 12.9. The van der Waals surface area contributed by atoms with Crippen molar-refractivity contribution in [3.05, 3.63) is 71.3 Å². The van der Waals surface area contributed by atoms with Crippen molar-refractivity contribution in [1.29, 1.82) is 0 Å². The van der Waals surface area contributed by atoms with Gasteiger partial charge in [0.2, 0.25) is 0 Å². The number of hydrogen-bond donors (Lipinski definition) is 0. The summed E-state index contributed by atoms with van der Waals surface area (Å²) in [6.07, 6.45) is -0.650. The molecule has 0 saturated carbocycles. The molecular weight excluding hydrogens is 314 g/mol. The second kappa shape index (κ2) is 6.33. The predicted octanol–water partition coefficient (Wildman–Crippen LogP) is 2.87. The second-order valence-electron chi connectivity index (χ2n) is 4.60. The van der Waals surface area contributed by atoms with Gasteiger partial charge in [0.1, 0.15) is 11.6 Å². The molecule has 0 spiro atoms. The van der Waals surface area contributed by atoms with Gasteiger partial charge in [0.15, 0.2) is 11.9 Å². The van der Waals surface area contributed by atoms with E-state index >= 15 is 0 Å². The van der Waals surface area contributed by atoms with Gasteiger partial charge in [-0.25, -0.2) is 8.78 Å². The molecule has 0 bridgehead atoms. The summed E-state index contributed by atoms with van der Waals surface area (Å²) in [5.74, 6) is -1.73. The molecule has 2 aromatic carbocycles. The molecule has 0 aliphatic heterocycles. The summed E-state index contributed by atoms with van der Waals surface area (Å²) < 4.78 is 53.4. The SMILES string of the molecule is CS(=O)(=O)OC(C(=O)c1ccc(F)cc1)c1ccc(F)cc1. The van der Waals surface area contributed by atoms with Crippen LogP contribution in [0.15, 0.2) is 48.5 Å². The first-order chi connectivity index (χ1) is 10.3. The quantitative estimate of drug-likeness (QED) is 0.626. The Morgan fingerprint density at radius 3 is 1.86 bits per heavy atom. The Morgan fingerprint density at radius 2 is 1.41 bits per heavy atom. The maximum absolute atomic E-state index is 13.0. The predicted molar refractivity (Wildman–Crippen MR) is 75.8 cm³/mol. The van der Waals surface area contributed by atoms with Crippen molar-refractivity contribution in [2.24, 2.45) is 0 Å². The lowest BCUT2D eigenvalue weighted by atomic mass is 10.00. The smallest absolute Gasteiger partial charge is 0.265 e. The van der Waals surface area contributed by atoms with Crippen molar-refractivity contribution in [2.45, 2.75) is 6.10 Å². The van der Waals surface area contributed by atoms with Crippen molar-refractivity contribution < 1.29 is 26.2 Å². The van der Waals surface area contributed by atoms with Crippen LogP contribution in [0.2, 0.25) is 0 Å². The molecule has 2 rings (SSSR count). The molecule has 0 aliphatic carbocycles. The molecule has 0 amide bonds. The van der Waals surface area contributed by atoms with Crippen LogP contribution < -0.4 is 0 Å². The van der Waals surface area contributed by atoms with Crippen LogP contribution in [0, 0.1) is 11.6 Å². The Kier molecular flexibility index (Phi) is 4.68. The van der Waals surface area contributed by atoms with Crippen molar-refractivity contribution >= 4 is 15.9 Å². The van der Waals surface area contributed by atoms with Crippen LogP contribution in [-0.2, 0) is 14.3 Å². The minimum absolute atomic E-state index is 0.0828. The zero-order valence-electron chi connectivity index (χ0n) is 11.5. The third-order valence-electron chi connectivity index (χ3n) is 2.81.